The Hall–Kier alpha value is -1.59. The molecule has 0 saturated carbocycles. The molecule has 1 heterocycles. The summed E-state index contributed by atoms with van der Waals surface area (Å²) in [6.45, 7) is 2.09. The van der Waals surface area contributed by atoms with E-state index in [1.807, 2.05) is 0 Å². The van der Waals surface area contributed by atoms with Crippen molar-refractivity contribution in [1.29, 1.82) is 0 Å². The number of hydrogen-bond donors (Lipinski definition) is 1. The van der Waals surface area contributed by atoms with Gasteiger partial charge in [-0.1, -0.05) is 0 Å². The highest BCUT2D eigenvalue weighted by Crippen LogP contribution is 2.28. The standard InChI is InChI=1S/C14H19NO4/c1-17-13-4-3-10(7-14(13)18-2)12(16)8-11-9-19-6-5-15-11/h3-4,7,11,15H,5-6,8-9H2,1-2H3. The number of methoxy groups -OCH3 is 2. The number of carbonyl (C=O) groups excluding carboxylic acids is 1. The SMILES string of the molecule is COc1ccc(C(=O)CC2COCCN2)cc1OC. The zero-order chi connectivity index (χ0) is 13.7. The first kappa shape index (κ1) is 13.8. The third kappa shape index (κ3) is 3.45. The minimum Gasteiger partial charge on any atom is -0.493 e. The van der Waals surface area contributed by atoms with Crippen molar-refractivity contribution < 1.29 is 19.0 Å². The lowest BCUT2D eigenvalue weighted by Crippen LogP contribution is -2.42. The van der Waals surface area contributed by atoms with Crippen molar-refractivity contribution in [3.63, 3.8) is 0 Å². The number of benzene rings is 1. The van der Waals surface area contributed by atoms with Crippen LogP contribution in [0.4, 0.5) is 0 Å². The average Bonchev–Trinajstić information content (AvgIpc) is 2.47. The van der Waals surface area contributed by atoms with Crippen molar-refractivity contribution in [1.82, 2.24) is 5.32 Å². The van der Waals surface area contributed by atoms with Crippen molar-refractivity contribution in [2.75, 3.05) is 34.0 Å². The Balaban J connectivity index is 2.05. The van der Waals surface area contributed by atoms with Gasteiger partial charge in [0.15, 0.2) is 17.3 Å². The number of carbonyl (C=O) groups is 1. The molecule has 0 aliphatic carbocycles. The molecule has 0 amide bonds. The molecule has 5 nitrogen and oxygen atoms in total. The van der Waals surface area contributed by atoms with Gasteiger partial charge >= 0.3 is 0 Å². The molecule has 1 fully saturated rings. The van der Waals surface area contributed by atoms with Gasteiger partial charge in [-0.3, -0.25) is 4.79 Å². The van der Waals surface area contributed by atoms with Crippen LogP contribution < -0.4 is 14.8 Å². The van der Waals surface area contributed by atoms with Gasteiger partial charge in [0.25, 0.3) is 0 Å². The molecule has 0 bridgehead atoms. The van der Waals surface area contributed by atoms with Crippen LogP contribution in [0, 0.1) is 0 Å². The summed E-state index contributed by atoms with van der Waals surface area (Å²) >= 11 is 0. The maximum Gasteiger partial charge on any atom is 0.164 e. The normalized spacial score (nSPS) is 18.9. The molecule has 0 radical (unpaired) electrons. The predicted molar refractivity (Wildman–Crippen MR) is 71.1 cm³/mol. The molecule has 1 aromatic carbocycles. The van der Waals surface area contributed by atoms with E-state index in [-0.39, 0.29) is 11.8 Å². The monoisotopic (exact) mass is 265 g/mol. The van der Waals surface area contributed by atoms with Gasteiger partial charge in [-0.15, -0.1) is 0 Å². The number of hydrogen-bond acceptors (Lipinski definition) is 5. The van der Waals surface area contributed by atoms with Gasteiger partial charge in [0.2, 0.25) is 0 Å². The summed E-state index contributed by atoms with van der Waals surface area (Å²) in [4.78, 5) is 12.2. The Morgan fingerprint density at radius 3 is 2.79 bits per heavy atom. The molecule has 104 valence electrons. The largest absolute Gasteiger partial charge is 0.493 e. The molecule has 1 aromatic rings. The Labute approximate surface area is 112 Å². The van der Waals surface area contributed by atoms with E-state index in [0.29, 0.717) is 36.7 Å². The van der Waals surface area contributed by atoms with Crippen molar-refractivity contribution >= 4 is 5.78 Å². The third-order valence-corrected chi connectivity index (χ3v) is 3.14. The van der Waals surface area contributed by atoms with Gasteiger partial charge in [0.1, 0.15) is 0 Å². The van der Waals surface area contributed by atoms with Crippen LogP contribution in [0.3, 0.4) is 0 Å². The second kappa shape index (κ2) is 6.54. The lowest BCUT2D eigenvalue weighted by atomic mass is 10.0. The average molecular weight is 265 g/mol. The van der Waals surface area contributed by atoms with Crippen LogP contribution in [0.15, 0.2) is 18.2 Å². The summed E-state index contributed by atoms with van der Waals surface area (Å²) in [5, 5.41) is 3.27. The van der Waals surface area contributed by atoms with Gasteiger partial charge in [-0.05, 0) is 18.2 Å². The first-order valence-electron chi connectivity index (χ1n) is 6.31. The Bertz CT molecular complexity index is 441. The first-order valence-corrected chi connectivity index (χ1v) is 6.31. The molecule has 0 aromatic heterocycles. The molecular formula is C14H19NO4. The van der Waals surface area contributed by atoms with Crippen molar-refractivity contribution in [3.05, 3.63) is 23.8 Å². The predicted octanol–water partition coefficient (Wildman–Crippen LogP) is 1.26. The Kier molecular flexibility index (Phi) is 4.76. The second-order valence-electron chi connectivity index (χ2n) is 4.42. The van der Waals surface area contributed by atoms with E-state index in [1.54, 1.807) is 32.4 Å². The Morgan fingerprint density at radius 2 is 2.16 bits per heavy atom. The van der Waals surface area contributed by atoms with Gasteiger partial charge in [0, 0.05) is 24.6 Å². The van der Waals surface area contributed by atoms with Crippen LogP contribution in [0.25, 0.3) is 0 Å². The number of rotatable bonds is 5. The summed E-state index contributed by atoms with van der Waals surface area (Å²) in [6, 6.07) is 5.31. The summed E-state index contributed by atoms with van der Waals surface area (Å²) in [5.74, 6) is 1.27. The molecule has 1 aliphatic rings. The van der Waals surface area contributed by atoms with Gasteiger partial charge < -0.3 is 19.5 Å². The molecule has 19 heavy (non-hydrogen) atoms. The zero-order valence-corrected chi connectivity index (χ0v) is 11.3. The highest BCUT2D eigenvalue weighted by atomic mass is 16.5. The van der Waals surface area contributed by atoms with E-state index >= 15 is 0 Å². The summed E-state index contributed by atoms with van der Waals surface area (Å²) < 4.78 is 15.7. The van der Waals surface area contributed by atoms with Gasteiger partial charge in [0.05, 0.1) is 27.4 Å². The number of nitrogens with one attached hydrogen (secondary N) is 1. The lowest BCUT2D eigenvalue weighted by molar-refractivity contribution is 0.0676. The summed E-state index contributed by atoms with van der Waals surface area (Å²) in [7, 11) is 3.13. The van der Waals surface area contributed by atoms with Crippen LogP contribution in [0.1, 0.15) is 16.8 Å². The van der Waals surface area contributed by atoms with Gasteiger partial charge in [-0.25, -0.2) is 0 Å². The van der Waals surface area contributed by atoms with E-state index in [9.17, 15) is 4.79 Å². The molecule has 1 N–H and O–H groups in total. The molecule has 1 saturated heterocycles. The van der Waals surface area contributed by atoms with Crippen LogP contribution in [0.5, 0.6) is 11.5 Å². The third-order valence-electron chi connectivity index (χ3n) is 3.14. The molecule has 1 atom stereocenters. The van der Waals surface area contributed by atoms with E-state index in [0.717, 1.165) is 6.54 Å². The fourth-order valence-corrected chi connectivity index (χ4v) is 2.10. The molecule has 2 rings (SSSR count). The minimum absolute atomic E-state index is 0.0731. The smallest absolute Gasteiger partial charge is 0.164 e. The topological polar surface area (TPSA) is 56.8 Å². The molecule has 1 aliphatic heterocycles. The number of morpholine rings is 1. The zero-order valence-electron chi connectivity index (χ0n) is 11.3. The number of ether oxygens (including phenoxy) is 3. The maximum atomic E-state index is 12.2. The molecule has 0 spiro atoms. The van der Waals surface area contributed by atoms with Crippen LogP contribution >= 0.6 is 0 Å². The quantitative estimate of drug-likeness (QED) is 0.812. The van der Waals surface area contributed by atoms with Crippen molar-refractivity contribution in [3.8, 4) is 11.5 Å². The molecule has 5 heteroatoms. The highest BCUT2D eigenvalue weighted by Gasteiger charge is 2.18. The van der Waals surface area contributed by atoms with Crippen LogP contribution in [-0.2, 0) is 4.74 Å². The highest BCUT2D eigenvalue weighted by molar-refractivity contribution is 5.97. The number of ketones is 1. The first-order chi connectivity index (χ1) is 9.24. The molecular weight excluding hydrogens is 246 g/mol. The van der Waals surface area contributed by atoms with Crippen molar-refractivity contribution in [2.45, 2.75) is 12.5 Å². The number of Topliss-reactive ketones (excluding diaryl/α,β-unsaturated/α-hetero) is 1. The summed E-state index contributed by atoms with van der Waals surface area (Å²) in [6.07, 6.45) is 0.426. The van der Waals surface area contributed by atoms with Crippen molar-refractivity contribution in [2.24, 2.45) is 0 Å². The van der Waals surface area contributed by atoms with Gasteiger partial charge in [-0.2, -0.15) is 0 Å². The summed E-state index contributed by atoms with van der Waals surface area (Å²) in [5.41, 5.74) is 0.630. The molecule has 1 unspecified atom stereocenters. The van der Waals surface area contributed by atoms with E-state index < -0.39 is 0 Å². The lowest BCUT2D eigenvalue weighted by Gasteiger charge is -2.23. The van der Waals surface area contributed by atoms with E-state index in [2.05, 4.69) is 5.32 Å². The van der Waals surface area contributed by atoms with Crippen LogP contribution in [-0.4, -0.2) is 45.8 Å². The van der Waals surface area contributed by atoms with E-state index in [4.69, 9.17) is 14.2 Å². The Morgan fingerprint density at radius 1 is 1.37 bits per heavy atom. The fourth-order valence-electron chi connectivity index (χ4n) is 2.10. The fraction of sp³-hybridized carbons (Fsp3) is 0.500. The van der Waals surface area contributed by atoms with Crippen LogP contribution in [0.2, 0.25) is 0 Å². The maximum absolute atomic E-state index is 12.2. The minimum atomic E-state index is 0.0731. The van der Waals surface area contributed by atoms with E-state index in [1.165, 1.54) is 0 Å². The second-order valence-corrected chi connectivity index (χ2v) is 4.42.